The lowest BCUT2D eigenvalue weighted by Gasteiger charge is -2.59. The normalized spacial score (nSPS) is 28.4. The van der Waals surface area contributed by atoms with Crippen LogP contribution in [0.25, 0.3) is 12.0 Å². The largest absolute Gasteiger partial charge is 0.449 e. The lowest BCUT2D eigenvalue weighted by Crippen LogP contribution is -2.60. The summed E-state index contributed by atoms with van der Waals surface area (Å²) in [4.78, 5) is 37.1. The second-order valence-corrected chi connectivity index (χ2v) is 11.5. The summed E-state index contributed by atoms with van der Waals surface area (Å²) in [5.74, 6) is 1.44. The van der Waals surface area contributed by atoms with E-state index in [1.54, 1.807) is 67.2 Å². The summed E-state index contributed by atoms with van der Waals surface area (Å²) in [6.07, 6.45) is 12.7. The molecule has 0 aliphatic heterocycles. The van der Waals surface area contributed by atoms with E-state index in [4.69, 9.17) is 10.5 Å². The first-order chi connectivity index (χ1) is 17.6. The molecule has 0 radical (unpaired) electrons. The maximum atomic E-state index is 13.6. The first-order valence-electron chi connectivity index (χ1n) is 12.8. The Hall–Kier alpha value is -3.63. The highest BCUT2D eigenvalue weighted by Crippen LogP contribution is 2.60. The van der Waals surface area contributed by atoms with Gasteiger partial charge < -0.3 is 21.1 Å². The van der Waals surface area contributed by atoms with E-state index < -0.39 is 11.5 Å². The van der Waals surface area contributed by atoms with Crippen LogP contribution < -0.4 is 16.4 Å². The van der Waals surface area contributed by atoms with Crippen LogP contribution in [0.3, 0.4) is 0 Å². The zero-order valence-electron chi connectivity index (χ0n) is 21.5. The predicted molar refractivity (Wildman–Crippen MR) is 135 cm³/mol. The van der Waals surface area contributed by atoms with Crippen molar-refractivity contribution in [2.75, 3.05) is 13.7 Å². The number of nitrogens with two attached hydrogens (primary N) is 1. The highest BCUT2D eigenvalue weighted by molar-refractivity contribution is 5.97. The van der Waals surface area contributed by atoms with Crippen molar-refractivity contribution in [2.45, 2.75) is 52.0 Å². The van der Waals surface area contributed by atoms with Crippen LogP contribution in [0.1, 0.15) is 56.3 Å². The van der Waals surface area contributed by atoms with E-state index in [1.165, 1.54) is 0 Å². The molecule has 4 aliphatic carbocycles. The fourth-order valence-corrected chi connectivity index (χ4v) is 6.96. The van der Waals surface area contributed by atoms with Gasteiger partial charge in [0.05, 0.1) is 18.2 Å². The molecule has 2 aromatic heterocycles. The Balaban J connectivity index is 1.37. The van der Waals surface area contributed by atoms with Gasteiger partial charge in [-0.3, -0.25) is 9.59 Å². The lowest BCUT2D eigenvalue weighted by molar-refractivity contribution is -0.126. The number of carbonyl (C=O) groups excluding carboxylic acids is 3. The molecular weight excluding hydrogens is 474 g/mol. The summed E-state index contributed by atoms with van der Waals surface area (Å²) < 4.78 is 8.41. The van der Waals surface area contributed by atoms with Crippen molar-refractivity contribution in [2.24, 2.45) is 34.3 Å². The lowest BCUT2D eigenvalue weighted by atomic mass is 9.48. The molecule has 6 rings (SSSR count). The minimum Gasteiger partial charge on any atom is -0.449 e. The molecule has 2 aromatic rings. The number of nitrogens with one attached hydrogen (secondary N) is 2. The molecule has 2 atom stereocenters. The maximum Gasteiger partial charge on any atom is 0.404 e. The minimum absolute atomic E-state index is 0.0275. The van der Waals surface area contributed by atoms with E-state index in [0.717, 1.165) is 32.1 Å². The number of hydrogen-bond donors (Lipinski definition) is 3. The Morgan fingerprint density at radius 3 is 2.57 bits per heavy atom. The van der Waals surface area contributed by atoms with Crippen LogP contribution in [0.2, 0.25) is 0 Å². The third kappa shape index (κ3) is 4.74. The van der Waals surface area contributed by atoms with Gasteiger partial charge in [-0.15, -0.1) is 0 Å². The fraction of sp³-hybridized carbons (Fsp3) is 0.577. The van der Waals surface area contributed by atoms with E-state index in [-0.39, 0.29) is 23.3 Å². The topological polar surface area (TPSA) is 146 Å². The van der Waals surface area contributed by atoms with Gasteiger partial charge in [-0.25, -0.2) is 14.2 Å². The van der Waals surface area contributed by atoms with Gasteiger partial charge >= 0.3 is 6.09 Å². The molecule has 3 amide bonds. The first kappa shape index (κ1) is 25.0. The fourth-order valence-electron chi connectivity index (χ4n) is 6.96. The molecule has 4 aliphatic rings. The average molecular weight is 510 g/mol. The second-order valence-electron chi connectivity index (χ2n) is 11.5. The predicted octanol–water partition coefficient (Wildman–Crippen LogP) is 2.33. The van der Waals surface area contributed by atoms with E-state index in [0.29, 0.717) is 35.7 Å². The number of carbonyl (C=O) groups is 3. The third-order valence-corrected chi connectivity index (χ3v) is 8.40. The molecule has 198 valence electrons. The van der Waals surface area contributed by atoms with Crippen molar-refractivity contribution in [3.8, 4) is 5.82 Å². The maximum absolute atomic E-state index is 13.6. The molecule has 2 heterocycles. The van der Waals surface area contributed by atoms with Crippen molar-refractivity contribution in [1.29, 1.82) is 0 Å². The van der Waals surface area contributed by atoms with Crippen LogP contribution >= 0.6 is 0 Å². The highest BCUT2D eigenvalue weighted by atomic mass is 16.5. The van der Waals surface area contributed by atoms with Crippen molar-refractivity contribution in [1.82, 2.24) is 30.2 Å². The Morgan fingerprint density at radius 1 is 1.22 bits per heavy atom. The van der Waals surface area contributed by atoms with Gasteiger partial charge in [0.2, 0.25) is 5.91 Å². The molecule has 0 spiro atoms. The van der Waals surface area contributed by atoms with E-state index in [2.05, 4.69) is 20.8 Å². The molecule has 0 saturated heterocycles. The van der Waals surface area contributed by atoms with Gasteiger partial charge in [-0.2, -0.15) is 10.2 Å². The number of nitrogens with zero attached hydrogens (tertiary/aromatic N) is 4. The van der Waals surface area contributed by atoms with Gasteiger partial charge in [0.25, 0.3) is 5.91 Å². The summed E-state index contributed by atoms with van der Waals surface area (Å²) in [7, 11) is 1.60. The third-order valence-electron chi connectivity index (χ3n) is 8.40. The van der Waals surface area contributed by atoms with Crippen LogP contribution in [0.5, 0.6) is 0 Å². The van der Waals surface area contributed by atoms with Gasteiger partial charge in [0.15, 0.2) is 5.82 Å². The molecule has 4 saturated carbocycles. The molecule has 11 heteroatoms. The summed E-state index contributed by atoms with van der Waals surface area (Å²) in [5, 5.41) is 14.8. The van der Waals surface area contributed by atoms with Crippen LogP contribution in [0.4, 0.5) is 4.79 Å². The van der Waals surface area contributed by atoms with Crippen molar-refractivity contribution in [3.63, 3.8) is 0 Å². The van der Waals surface area contributed by atoms with E-state index in [9.17, 15) is 14.4 Å². The average Bonchev–Trinajstić information content (AvgIpc) is 3.52. The number of primary amides is 1. The number of ether oxygens (including phenoxy) is 1. The minimum atomic E-state index is -0.765. The Bertz CT molecular complexity index is 1200. The van der Waals surface area contributed by atoms with Crippen LogP contribution in [-0.4, -0.2) is 57.2 Å². The number of amides is 3. The summed E-state index contributed by atoms with van der Waals surface area (Å²) in [6.45, 7) is 3.98. The molecule has 4 bridgehead atoms. The SMILES string of the molecule is CNC(=O)C(C)(C)/C=C/n1ncc(C(=O)N[C@H]2C3CC4CC2C[C@](COC(N)=O)(C4)C3)c1-n1cccn1. The van der Waals surface area contributed by atoms with E-state index >= 15 is 0 Å². The second kappa shape index (κ2) is 9.35. The van der Waals surface area contributed by atoms with Crippen molar-refractivity contribution >= 4 is 24.1 Å². The van der Waals surface area contributed by atoms with Gasteiger partial charge in [0, 0.05) is 37.1 Å². The zero-order chi connectivity index (χ0) is 26.4. The number of aromatic nitrogens is 4. The number of hydrogen-bond acceptors (Lipinski definition) is 6. The summed E-state index contributed by atoms with van der Waals surface area (Å²) in [5.41, 5.74) is 4.86. The smallest absolute Gasteiger partial charge is 0.404 e. The molecular formula is C26H35N7O4. The monoisotopic (exact) mass is 509 g/mol. The standard InChI is InChI=1S/C26H35N7O4/c1-25(2,23(35)28-3)5-8-33-22(32-7-4-6-29-32)19(14-30-33)21(34)31-20-17-9-16-10-18(20)13-26(11-16,12-17)15-37-24(27)36/h4-8,14,16-18,20H,9-13,15H2,1-3H3,(H2,27,36)(H,28,35)(H,31,34)/b8-5+/t16?,17?,18?,20-,26-. The van der Waals surface area contributed by atoms with Crippen LogP contribution in [0, 0.1) is 28.6 Å². The zero-order valence-corrected chi connectivity index (χ0v) is 21.5. The van der Waals surface area contributed by atoms with Crippen LogP contribution in [-0.2, 0) is 9.53 Å². The molecule has 37 heavy (non-hydrogen) atoms. The first-order valence-corrected chi connectivity index (χ1v) is 12.8. The van der Waals surface area contributed by atoms with Crippen molar-refractivity contribution in [3.05, 3.63) is 36.3 Å². The molecule has 11 nitrogen and oxygen atoms in total. The molecule has 4 fully saturated rings. The molecule has 4 N–H and O–H groups in total. The van der Waals surface area contributed by atoms with Crippen molar-refractivity contribution < 1.29 is 19.1 Å². The quantitative estimate of drug-likeness (QED) is 0.498. The summed E-state index contributed by atoms with van der Waals surface area (Å²) >= 11 is 0. The summed E-state index contributed by atoms with van der Waals surface area (Å²) in [6, 6.07) is 1.84. The van der Waals surface area contributed by atoms with Gasteiger partial charge in [-0.05, 0) is 69.8 Å². The Kier molecular flexibility index (Phi) is 6.33. The van der Waals surface area contributed by atoms with Crippen LogP contribution in [0.15, 0.2) is 30.7 Å². The number of rotatable bonds is 8. The molecule has 2 unspecified atom stereocenters. The Morgan fingerprint density at radius 2 is 1.95 bits per heavy atom. The van der Waals surface area contributed by atoms with Gasteiger partial charge in [0.1, 0.15) is 5.56 Å². The van der Waals surface area contributed by atoms with Gasteiger partial charge in [-0.1, -0.05) is 6.08 Å². The van der Waals surface area contributed by atoms with E-state index in [1.807, 2.05) is 0 Å². The Labute approximate surface area is 215 Å². The highest BCUT2D eigenvalue weighted by Gasteiger charge is 2.56. The molecule has 0 aromatic carbocycles.